The second-order valence-corrected chi connectivity index (χ2v) is 33.5. The quantitative estimate of drug-likeness (QED) is 0.0111. The van der Waals surface area contributed by atoms with E-state index in [1.807, 2.05) is 135 Å². The van der Waals surface area contributed by atoms with Crippen molar-refractivity contribution in [3.63, 3.8) is 0 Å². The SMILES string of the molecule is Cc1ccc(NC(=O)N2CCN(c3ccc(C(=O)NO)cc3)CC2)cc1.Cc1ccc(NC(=O)N2CCN(c3ccc(C(=O)NO)cc3[N+](=O)[O-])CC2)cc1.Cc1ccc(NC(=O)N2CCN(c3ccc(NC(=O)CS)cc3)CC2)cc1.O=C(NO)c1cc([N+](=O)[O-])ccc1N1CCN(C(=O)Nc2cccc(C(F)(F)F)c2)CC1.O=C(NO)c1cc([N+](=O)[O-])ccc1N1CCN(C(=O)Nc2ccccc2OC(F)(F)F)CC1. The third kappa shape index (κ3) is 31.6. The zero-order chi connectivity index (χ0) is 106. The van der Waals surface area contributed by atoms with Gasteiger partial charge >= 0.3 is 42.7 Å². The summed E-state index contributed by atoms with van der Waals surface area (Å²) >= 11 is 3.95. The minimum atomic E-state index is -4.92. The summed E-state index contributed by atoms with van der Waals surface area (Å²) in [6.07, 6.45) is -9.45. The third-order valence-electron chi connectivity index (χ3n) is 23.4. The van der Waals surface area contributed by atoms with Crippen molar-refractivity contribution in [2.75, 3.05) is 193 Å². The van der Waals surface area contributed by atoms with Crippen molar-refractivity contribution in [3.8, 4) is 5.75 Å². The first-order valence-corrected chi connectivity index (χ1v) is 45.8. The van der Waals surface area contributed by atoms with E-state index in [-0.39, 0.29) is 127 Å². The fourth-order valence-corrected chi connectivity index (χ4v) is 15.6. The second kappa shape index (κ2) is 51.6. The van der Waals surface area contributed by atoms with Crippen molar-refractivity contribution < 1.29 is 115 Å². The fraction of sp³-hybridized carbons (Fsp3) is 0.271. The lowest BCUT2D eigenvalue weighted by molar-refractivity contribution is -0.385. The molecule has 0 atom stereocenters. The number of benzene rings is 10. The number of nitrogens with one attached hydrogen (secondary N) is 10. The van der Waals surface area contributed by atoms with Crippen LogP contribution in [0.2, 0.25) is 0 Å². The molecule has 0 aromatic heterocycles. The number of amides is 15. The number of hydroxylamine groups is 4. The summed E-state index contributed by atoms with van der Waals surface area (Å²) in [7, 11) is 0. The molecule has 15 amide bonds. The van der Waals surface area contributed by atoms with Crippen molar-refractivity contribution >= 4 is 152 Å². The Labute approximate surface area is 840 Å². The molecule has 0 bridgehead atoms. The molecule has 5 saturated heterocycles. The normalized spacial score (nSPS) is 14.0. The zero-order valence-electron chi connectivity index (χ0n) is 79.0. The first-order valence-electron chi connectivity index (χ1n) is 45.2. The summed E-state index contributed by atoms with van der Waals surface area (Å²) in [4.78, 5) is 170. The third-order valence-corrected chi connectivity index (χ3v) is 23.7. The number of halogens is 6. The zero-order valence-corrected chi connectivity index (χ0v) is 79.9. The van der Waals surface area contributed by atoms with Gasteiger partial charge in [-0.05, 0) is 160 Å². The molecule has 5 aliphatic heterocycles. The van der Waals surface area contributed by atoms with Crippen LogP contribution in [-0.4, -0.2) is 263 Å². The van der Waals surface area contributed by atoms with E-state index in [4.69, 9.17) is 20.8 Å². The molecule has 5 aliphatic rings. The molecule has 0 aliphatic carbocycles. The number of hydrogen-bond acceptors (Lipinski definition) is 27. The van der Waals surface area contributed by atoms with E-state index in [9.17, 15) is 105 Å². The number of nitrogens with zero attached hydrogens (tertiary/aromatic N) is 13. The maximum atomic E-state index is 12.8. The number of hydrogen-bond donors (Lipinski definition) is 15. The highest BCUT2D eigenvalue weighted by molar-refractivity contribution is 7.81. The molecule has 0 radical (unpaired) electrons. The Bertz CT molecular complexity index is 6330. The van der Waals surface area contributed by atoms with Crippen molar-refractivity contribution in [1.82, 2.24) is 46.4 Å². The Kier molecular flexibility index (Phi) is 38.6. The number of rotatable bonds is 20. The van der Waals surface area contributed by atoms with E-state index in [1.54, 1.807) is 42.1 Å². The monoisotopic (exact) mass is 2060 g/mol. The van der Waals surface area contributed by atoms with Crippen molar-refractivity contribution in [3.05, 3.63) is 299 Å². The van der Waals surface area contributed by atoms with E-state index in [0.717, 1.165) is 94.6 Å². The Morgan fingerprint density at radius 3 is 1.03 bits per heavy atom. The van der Waals surface area contributed by atoms with Crippen LogP contribution < -0.4 is 83.1 Å². The topological polar surface area (TPSA) is 543 Å². The Hall–Kier alpha value is -17.3. The number of thiol groups is 1. The van der Waals surface area contributed by atoms with E-state index in [2.05, 4.69) is 59.1 Å². The Morgan fingerprint density at radius 2 is 0.667 bits per heavy atom. The summed E-state index contributed by atoms with van der Waals surface area (Å²) in [6.45, 7) is 14.7. The van der Waals surface area contributed by atoms with Gasteiger partial charge in [0, 0.05) is 212 Å². The molecule has 15 rings (SSSR count). The van der Waals surface area contributed by atoms with Crippen LogP contribution in [0.25, 0.3) is 0 Å². The number of carbonyl (C=O) groups excluding carboxylic acids is 10. The van der Waals surface area contributed by atoms with Crippen LogP contribution in [-0.2, 0) is 11.0 Å². The van der Waals surface area contributed by atoms with E-state index < -0.39 is 74.3 Å². The Morgan fingerprint density at radius 1 is 0.340 bits per heavy atom. The molecule has 51 heteroatoms. The molecule has 10 aromatic rings. The summed E-state index contributed by atoms with van der Waals surface area (Å²) < 4.78 is 80.1. The van der Waals surface area contributed by atoms with Gasteiger partial charge in [-0.1, -0.05) is 71.3 Å². The number of urea groups is 5. The molecule has 5 heterocycles. The number of alkyl halides is 6. The van der Waals surface area contributed by atoms with Gasteiger partial charge in [0.2, 0.25) is 5.91 Å². The summed E-state index contributed by atoms with van der Waals surface area (Å²) in [5.74, 6) is -3.73. The molecule has 776 valence electrons. The number of aryl methyl sites for hydroxylation is 3. The number of carbonyl (C=O) groups is 10. The average molecular weight is 2060 g/mol. The van der Waals surface area contributed by atoms with Crippen molar-refractivity contribution in [1.29, 1.82) is 0 Å². The van der Waals surface area contributed by atoms with Crippen LogP contribution >= 0.6 is 12.6 Å². The first kappa shape index (κ1) is 110. The van der Waals surface area contributed by atoms with Gasteiger partial charge < -0.3 is 85.6 Å². The van der Waals surface area contributed by atoms with Crippen LogP contribution in [0, 0.1) is 51.1 Å². The predicted molar refractivity (Wildman–Crippen MR) is 534 cm³/mol. The fourth-order valence-electron chi connectivity index (χ4n) is 15.6. The van der Waals surface area contributed by atoms with Gasteiger partial charge in [0.15, 0.2) is 5.75 Å². The lowest BCUT2D eigenvalue weighted by Gasteiger charge is -2.36. The van der Waals surface area contributed by atoms with Gasteiger partial charge in [0.1, 0.15) is 5.69 Å². The highest BCUT2D eigenvalue weighted by atomic mass is 32.1. The molecule has 0 saturated carbocycles. The molecule has 0 unspecified atom stereocenters. The highest BCUT2D eigenvalue weighted by Crippen LogP contribution is 2.37. The van der Waals surface area contributed by atoms with Gasteiger partial charge in [-0.2, -0.15) is 25.8 Å². The molecule has 10 aromatic carbocycles. The van der Waals surface area contributed by atoms with Gasteiger partial charge in [-0.3, -0.25) is 75.1 Å². The first-order chi connectivity index (χ1) is 70.2. The standard InChI is InChI=1S/C20H24N4O2S.C19H18F3N5O6.C19H18F3N5O5.C19H21N5O5.C19H22N4O3/c1-15-2-4-17(5-3-15)22-20(26)24-12-10-23(11-13-24)18-8-6-16(7-9-18)21-19(25)14-27;20-19(21,22)33-16-4-2-1-3-14(16)23-18(29)26-9-7-25(8-10-26)15-6-5-12(27(31)32)11-13(15)17(28)24-30;20-19(21,22)12-2-1-3-13(10-12)23-18(29)26-8-6-25(7-9-26)16-5-4-14(27(31)32)11-15(16)17(28)24-30;1-13-2-5-15(6-3-13)20-19(26)23-10-8-22(9-11-23)16-7-4-14(18(25)21-27)12-17(16)24(28)29;1-14-2-6-16(7-3-14)20-19(25)23-12-10-22(11-13-23)17-8-4-15(5-9-17)18(24)21-26/h2-9,27H,10-14H2,1H3,(H,21,25)(H,22,26);1-6,11,30H,7-10H2,(H,23,29)(H,24,28);1-5,10-11,30H,6-9H2,(H,23,29)(H,24,28);2-7,12,27H,8-11H2,1H3,(H,20,26)(H,21,25);2-9,26H,10-13H2,1H3,(H,20,25)(H,21,24). The van der Waals surface area contributed by atoms with E-state index >= 15 is 0 Å². The lowest BCUT2D eigenvalue weighted by Crippen LogP contribution is -2.50. The summed E-state index contributed by atoms with van der Waals surface area (Å²) in [6, 6.07) is 56.8. The van der Waals surface area contributed by atoms with Gasteiger partial charge in [-0.15, -0.1) is 13.2 Å². The second-order valence-electron chi connectivity index (χ2n) is 33.2. The number of nitro benzene ring substituents is 3. The molecule has 147 heavy (non-hydrogen) atoms. The molecular weight excluding hydrogens is 1960 g/mol. The number of nitro groups is 3. The summed E-state index contributed by atoms with van der Waals surface area (Å²) in [5, 5.41) is 85.0. The smallest absolute Gasteiger partial charge is 0.404 e. The van der Waals surface area contributed by atoms with Crippen molar-refractivity contribution in [2.24, 2.45) is 0 Å². The molecule has 0 spiro atoms. The molecule has 44 nitrogen and oxygen atoms in total. The van der Waals surface area contributed by atoms with E-state index in [1.165, 1.54) is 93.0 Å². The number of ether oxygens (including phenoxy) is 1. The molecule has 14 N–H and O–H groups in total. The minimum absolute atomic E-state index is 0.00419. The van der Waals surface area contributed by atoms with Gasteiger partial charge in [-0.25, -0.2) is 45.9 Å². The predicted octanol–water partition coefficient (Wildman–Crippen LogP) is 14.1. The van der Waals surface area contributed by atoms with Crippen molar-refractivity contribution in [2.45, 2.75) is 33.3 Å². The lowest BCUT2D eigenvalue weighted by atomic mass is 10.1. The number of non-ortho nitro benzene ring substituents is 2. The summed E-state index contributed by atoms with van der Waals surface area (Å²) in [5.41, 5.74) is 13.8. The van der Waals surface area contributed by atoms with Gasteiger partial charge in [0.05, 0.1) is 54.3 Å². The number of para-hydroxylation sites is 2. The van der Waals surface area contributed by atoms with Crippen LogP contribution in [0.3, 0.4) is 0 Å². The van der Waals surface area contributed by atoms with Crippen LogP contribution in [0.4, 0.5) is 130 Å². The van der Waals surface area contributed by atoms with Crippen LogP contribution in [0.1, 0.15) is 63.7 Å². The van der Waals surface area contributed by atoms with Crippen LogP contribution in [0.15, 0.2) is 224 Å². The largest absolute Gasteiger partial charge is 0.573 e. The average Bonchev–Trinajstić information content (AvgIpc) is 0.808. The maximum absolute atomic E-state index is 12.8. The van der Waals surface area contributed by atoms with Crippen LogP contribution in [0.5, 0.6) is 5.75 Å². The number of piperazine rings is 5. The highest BCUT2D eigenvalue weighted by Gasteiger charge is 2.36. The molecule has 5 fully saturated rings. The maximum Gasteiger partial charge on any atom is 0.573 e. The molecular formula is C96H103F6N23O21S. The minimum Gasteiger partial charge on any atom is -0.404 e. The Balaban J connectivity index is 0.000000175. The van der Waals surface area contributed by atoms with Gasteiger partial charge in [0.25, 0.3) is 40.7 Å². The number of anilines is 11. The van der Waals surface area contributed by atoms with E-state index in [0.29, 0.717) is 93.8 Å².